The Hall–Kier alpha value is -3.09. The highest BCUT2D eigenvalue weighted by Gasteiger charge is 2.35. The van der Waals surface area contributed by atoms with Crippen molar-refractivity contribution >= 4 is 23.1 Å². The van der Waals surface area contributed by atoms with E-state index in [9.17, 15) is 13.2 Å². The molecule has 152 valence electrons. The summed E-state index contributed by atoms with van der Waals surface area (Å²) in [7, 11) is 1.73. The molecular formula is C22H23F3N4. The van der Waals surface area contributed by atoms with E-state index >= 15 is 0 Å². The maximum Gasteiger partial charge on any atom is 0.421 e. The van der Waals surface area contributed by atoms with Crippen LogP contribution in [0.4, 0.5) is 36.3 Å². The van der Waals surface area contributed by atoms with Gasteiger partial charge in [0, 0.05) is 24.6 Å². The lowest BCUT2D eigenvalue weighted by Gasteiger charge is -2.20. The SMILES string of the molecule is CCCc1ccc(N(C)c2ncc(C(F)(F)F)c(Nc3ccc(C)cc3)n2)cc1. The van der Waals surface area contributed by atoms with Crippen molar-refractivity contribution in [2.75, 3.05) is 17.3 Å². The minimum atomic E-state index is -4.56. The summed E-state index contributed by atoms with van der Waals surface area (Å²) < 4.78 is 40.4. The number of halogens is 3. The molecule has 0 bridgehead atoms. The topological polar surface area (TPSA) is 41.1 Å². The van der Waals surface area contributed by atoms with Gasteiger partial charge in [-0.2, -0.15) is 18.2 Å². The van der Waals surface area contributed by atoms with Gasteiger partial charge in [-0.3, -0.25) is 0 Å². The molecule has 4 nitrogen and oxygen atoms in total. The van der Waals surface area contributed by atoms with E-state index in [4.69, 9.17) is 0 Å². The number of hydrogen-bond acceptors (Lipinski definition) is 4. The van der Waals surface area contributed by atoms with E-state index in [1.165, 1.54) is 5.56 Å². The Morgan fingerprint density at radius 3 is 2.24 bits per heavy atom. The van der Waals surface area contributed by atoms with Crippen LogP contribution in [0.2, 0.25) is 0 Å². The number of anilines is 4. The third kappa shape index (κ3) is 5.04. The van der Waals surface area contributed by atoms with Gasteiger partial charge >= 0.3 is 6.18 Å². The van der Waals surface area contributed by atoms with Crippen molar-refractivity contribution in [3.8, 4) is 0 Å². The van der Waals surface area contributed by atoms with Crippen LogP contribution in [-0.4, -0.2) is 17.0 Å². The largest absolute Gasteiger partial charge is 0.421 e. The molecule has 0 spiro atoms. The van der Waals surface area contributed by atoms with E-state index in [0.29, 0.717) is 5.69 Å². The predicted molar refractivity (Wildman–Crippen MR) is 110 cm³/mol. The van der Waals surface area contributed by atoms with E-state index in [1.807, 2.05) is 43.3 Å². The number of aromatic nitrogens is 2. The highest BCUT2D eigenvalue weighted by Crippen LogP contribution is 2.36. The van der Waals surface area contributed by atoms with Crippen molar-refractivity contribution in [2.24, 2.45) is 0 Å². The summed E-state index contributed by atoms with van der Waals surface area (Å²) in [6.45, 7) is 4.02. The van der Waals surface area contributed by atoms with Crippen LogP contribution in [-0.2, 0) is 12.6 Å². The predicted octanol–water partition coefficient (Wildman–Crippen LogP) is 6.27. The molecule has 0 atom stereocenters. The number of alkyl halides is 3. The average Bonchev–Trinajstić information content (AvgIpc) is 2.69. The fourth-order valence-electron chi connectivity index (χ4n) is 2.90. The zero-order valence-electron chi connectivity index (χ0n) is 16.6. The smallest absolute Gasteiger partial charge is 0.340 e. The molecule has 0 saturated heterocycles. The number of hydrogen-bond donors (Lipinski definition) is 1. The molecule has 1 heterocycles. The summed E-state index contributed by atoms with van der Waals surface area (Å²) in [5.41, 5.74) is 2.64. The molecule has 0 fully saturated rings. The lowest BCUT2D eigenvalue weighted by Crippen LogP contribution is -2.17. The van der Waals surface area contributed by atoms with Crippen LogP contribution < -0.4 is 10.2 Å². The van der Waals surface area contributed by atoms with Crippen molar-refractivity contribution in [3.63, 3.8) is 0 Å². The van der Waals surface area contributed by atoms with Gasteiger partial charge in [0.15, 0.2) is 0 Å². The Bertz CT molecular complexity index is 951. The molecule has 0 aliphatic carbocycles. The van der Waals surface area contributed by atoms with Crippen LogP contribution in [0.25, 0.3) is 0 Å². The molecule has 0 aliphatic heterocycles. The fourth-order valence-corrected chi connectivity index (χ4v) is 2.90. The molecule has 7 heteroatoms. The van der Waals surface area contributed by atoms with E-state index in [2.05, 4.69) is 22.2 Å². The summed E-state index contributed by atoms with van der Waals surface area (Å²) >= 11 is 0. The average molecular weight is 400 g/mol. The van der Waals surface area contributed by atoms with Crippen LogP contribution in [0.1, 0.15) is 30.0 Å². The number of nitrogens with zero attached hydrogens (tertiary/aromatic N) is 3. The molecule has 0 radical (unpaired) electrons. The monoisotopic (exact) mass is 400 g/mol. The molecule has 0 saturated carbocycles. The van der Waals surface area contributed by atoms with Gasteiger partial charge in [0.05, 0.1) is 0 Å². The molecule has 1 N–H and O–H groups in total. The molecule has 0 aliphatic rings. The first-order valence-corrected chi connectivity index (χ1v) is 9.38. The minimum absolute atomic E-state index is 0.177. The number of aryl methyl sites for hydroxylation is 2. The lowest BCUT2D eigenvalue weighted by atomic mass is 10.1. The molecule has 0 unspecified atom stereocenters. The Balaban J connectivity index is 1.94. The lowest BCUT2D eigenvalue weighted by molar-refractivity contribution is -0.137. The second-order valence-corrected chi connectivity index (χ2v) is 6.90. The van der Waals surface area contributed by atoms with E-state index < -0.39 is 11.7 Å². The Morgan fingerprint density at radius 2 is 1.66 bits per heavy atom. The zero-order chi connectivity index (χ0) is 21.0. The van der Waals surface area contributed by atoms with Crippen LogP contribution in [0.3, 0.4) is 0 Å². The normalized spacial score (nSPS) is 11.4. The van der Waals surface area contributed by atoms with Crippen molar-refractivity contribution in [1.29, 1.82) is 0 Å². The van der Waals surface area contributed by atoms with Gasteiger partial charge in [0.1, 0.15) is 11.4 Å². The van der Waals surface area contributed by atoms with Crippen LogP contribution >= 0.6 is 0 Å². The van der Waals surface area contributed by atoms with E-state index in [1.54, 1.807) is 24.1 Å². The first-order valence-electron chi connectivity index (χ1n) is 9.38. The van der Waals surface area contributed by atoms with Gasteiger partial charge in [0.2, 0.25) is 5.95 Å². The van der Waals surface area contributed by atoms with Crippen LogP contribution in [0.15, 0.2) is 54.7 Å². The highest BCUT2D eigenvalue weighted by molar-refractivity contribution is 5.64. The Morgan fingerprint density at radius 1 is 1.00 bits per heavy atom. The standard InChI is InChI=1S/C22H23F3N4/c1-4-5-16-8-12-18(13-9-16)29(3)21-26-14-19(22(23,24)25)20(28-21)27-17-10-6-15(2)7-11-17/h6-14H,4-5H2,1-3H3,(H,26,27,28). The number of rotatable bonds is 6. The van der Waals surface area contributed by atoms with Crippen molar-refractivity contribution in [3.05, 3.63) is 71.4 Å². The van der Waals surface area contributed by atoms with Gasteiger partial charge < -0.3 is 10.2 Å². The Kier molecular flexibility index (Phi) is 6.06. The number of benzene rings is 2. The summed E-state index contributed by atoms with van der Waals surface area (Å²) in [6.07, 6.45) is -1.72. The summed E-state index contributed by atoms with van der Waals surface area (Å²) in [5.74, 6) is -0.100. The van der Waals surface area contributed by atoms with Gasteiger partial charge in [-0.25, -0.2) is 4.98 Å². The highest BCUT2D eigenvalue weighted by atomic mass is 19.4. The van der Waals surface area contributed by atoms with Crippen LogP contribution in [0, 0.1) is 6.92 Å². The summed E-state index contributed by atoms with van der Waals surface area (Å²) in [6, 6.07) is 14.9. The molecular weight excluding hydrogens is 377 g/mol. The van der Waals surface area contributed by atoms with Gasteiger partial charge in [-0.15, -0.1) is 0 Å². The zero-order valence-corrected chi connectivity index (χ0v) is 16.6. The van der Waals surface area contributed by atoms with E-state index in [0.717, 1.165) is 30.3 Å². The Labute approximate surface area is 168 Å². The molecule has 3 rings (SSSR count). The van der Waals surface area contributed by atoms with Crippen LogP contribution in [0.5, 0.6) is 0 Å². The van der Waals surface area contributed by atoms with Gasteiger partial charge in [0.25, 0.3) is 0 Å². The van der Waals surface area contributed by atoms with Crippen molar-refractivity contribution in [1.82, 2.24) is 9.97 Å². The molecule has 1 aromatic heterocycles. The first-order chi connectivity index (χ1) is 13.8. The quantitative estimate of drug-likeness (QED) is 0.530. The van der Waals surface area contributed by atoms with Gasteiger partial charge in [-0.05, 0) is 43.2 Å². The van der Waals surface area contributed by atoms with E-state index in [-0.39, 0.29) is 11.8 Å². The minimum Gasteiger partial charge on any atom is -0.340 e. The molecule has 2 aromatic carbocycles. The second kappa shape index (κ2) is 8.51. The third-order valence-corrected chi connectivity index (χ3v) is 4.56. The molecule has 3 aromatic rings. The fraction of sp³-hybridized carbons (Fsp3) is 0.273. The maximum absolute atomic E-state index is 13.5. The maximum atomic E-state index is 13.5. The number of nitrogens with one attached hydrogen (secondary N) is 1. The summed E-state index contributed by atoms with van der Waals surface area (Å²) in [5, 5.41) is 2.78. The molecule has 0 amide bonds. The van der Waals surface area contributed by atoms with Crippen molar-refractivity contribution < 1.29 is 13.2 Å². The first kappa shape index (κ1) is 20.6. The summed E-state index contributed by atoms with van der Waals surface area (Å²) in [4.78, 5) is 9.79. The van der Waals surface area contributed by atoms with Crippen molar-refractivity contribution in [2.45, 2.75) is 32.9 Å². The molecule has 29 heavy (non-hydrogen) atoms. The van der Waals surface area contributed by atoms with Gasteiger partial charge in [-0.1, -0.05) is 43.2 Å². The third-order valence-electron chi connectivity index (χ3n) is 4.56. The second-order valence-electron chi connectivity index (χ2n) is 6.90.